The van der Waals surface area contributed by atoms with Gasteiger partial charge in [-0.15, -0.1) is 0 Å². The molecule has 1 aromatic carbocycles. The van der Waals surface area contributed by atoms with Crippen LogP contribution in [0.4, 0.5) is 5.82 Å². The molecule has 0 atom stereocenters. The van der Waals surface area contributed by atoms with Crippen molar-refractivity contribution >= 4 is 16.7 Å². The highest BCUT2D eigenvalue weighted by Gasteiger charge is 2.21. The van der Waals surface area contributed by atoms with Crippen molar-refractivity contribution in [2.75, 3.05) is 11.9 Å². The van der Waals surface area contributed by atoms with E-state index in [-0.39, 0.29) is 0 Å². The maximum Gasteiger partial charge on any atom is 0.128 e. The number of hydrogen-bond donors (Lipinski definition) is 2. The molecular formula is C16H19N3O. The van der Waals surface area contributed by atoms with Gasteiger partial charge in [0.05, 0.1) is 22.8 Å². The second kappa shape index (κ2) is 5.89. The van der Waals surface area contributed by atoms with E-state index < -0.39 is 5.60 Å². The molecule has 2 rings (SSSR count). The average molecular weight is 269 g/mol. The second-order valence-electron chi connectivity index (χ2n) is 4.97. The van der Waals surface area contributed by atoms with E-state index in [2.05, 4.69) is 16.4 Å². The summed E-state index contributed by atoms with van der Waals surface area (Å²) in [4.78, 5) is 4.48. The predicted molar refractivity (Wildman–Crippen MR) is 80.5 cm³/mol. The van der Waals surface area contributed by atoms with Gasteiger partial charge in [-0.3, -0.25) is 0 Å². The Kier molecular flexibility index (Phi) is 4.21. The molecule has 0 spiro atoms. The number of anilines is 1. The van der Waals surface area contributed by atoms with Gasteiger partial charge < -0.3 is 10.4 Å². The zero-order valence-electron chi connectivity index (χ0n) is 11.8. The number of rotatable bonds is 5. The molecule has 0 aliphatic heterocycles. The quantitative estimate of drug-likeness (QED) is 0.875. The lowest BCUT2D eigenvalue weighted by Gasteiger charge is -2.25. The van der Waals surface area contributed by atoms with Crippen molar-refractivity contribution in [1.29, 1.82) is 5.26 Å². The lowest BCUT2D eigenvalue weighted by molar-refractivity contribution is 0.0456. The van der Waals surface area contributed by atoms with Crippen molar-refractivity contribution in [3.05, 3.63) is 35.9 Å². The number of benzene rings is 1. The Morgan fingerprint density at radius 1 is 1.30 bits per heavy atom. The van der Waals surface area contributed by atoms with Gasteiger partial charge in [0.25, 0.3) is 0 Å². The van der Waals surface area contributed by atoms with E-state index in [0.29, 0.717) is 30.8 Å². The summed E-state index contributed by atoms with van der Waals surface area (Å²) in [5.74, 6) is 0.626. The molecule has 0 saturated carbocycles. The van der Waals surface area contributed by atoms with Gasteiger partial charge in [0, 0.05) is 11.9 Å². The van der Waals surface area contributed by atoms with Crippen LogP contribution in [-0.2, 0) is 0 Å². The van der Waals surface area contributed by atoms with Gasteiger partial charge >= 0.3 is 0 Å². The number of pyridine rings is 1. The minimum absolute atomic E-state index is 0.427. The normalized spacial score (nSPS) is 11.3. The predicted octanol–water partition coefficient (Wildman–Crippen LogP) is 3.07. The SMILES string of the molecule is CCC(O)(CC)CNc1cc(C#N)c2ccccc2n1. The molecule has 0 radical (unpaired) electrons. The summed E-state index contributed by atoms with van der Waals surface area (Å²) in [5.41, 5.74) is 0.639. The number of nitriles is 1. The molecule has 0 unspecified atom stereocenters. The molecule has 1 aromatic heterocycles. The van der Waals surface area contributed by atoms with Crippen molar-refractivity contribution in [1.82, 2.24) is 4.98 Å². The van der Waals surface area contributed by atoms with E-state index in [1.165, 1.54) is 0 Å². The Morgan fingerprint density at radius 2 is 2.00 bits per heavy atom. The molecule has 104 valence electrons. The number of hydrogen-bond acceptors (Lipinski definition) is 4. The van der Waals surface area contributed by atoms with Gasteiger partial charge in [-0.05, 0) is 25.0 Å². The zero-order chi connectivity index (χ0) is 14.6. The van der Waals surface area contributed by atoms with Gasteiger partial charge in [-0.25, -0.2) is 4.98 Å². The van der Waals surface area contributed by atoms with Crippen LogP contribution in [-0.4, -0.2) is 22.2 Å². The van der Waals surface area contributed by atoms with Crippen LogP contribution in [0.1, 0.15) is 32.3 Å². The van der Waals surface area contributed by atoms with Gasteiger partial charge in [0.1, 0.15) is 5.82 Å². The maximum atomic E-state index is 10.3. The topological polar surface area (TPSA) is 68.9 Å². The molecule has 0 saturated heterocycles. The molecular weight excluding hydrogens is 250 g/mol. The van der Waals surface area contributed by atoms with Gasteiger partial charge in [-0.1, -0.05) is 32.0 Å². The summed E-state index contributed by atoms with van der Waals surface area (Å²) in [6.45, 7) is 4.34. The van der Waals surface area contributed by atoms with Crippen LogP contribution in [0.5, 0.6) is 0 Å². The number of aliphatic hydroxyl groups is 1. The van der Waals surface area contributed by atoms with E-state index in [1.807, 2.05) is 38.1 Å². The van der Waals surface area contributed by atoms with Crippen molar-refractivity contribution < 1.29 is 5.11 Å². The highest BCUT2D eigenvalue weighted by molar-refractivity contribution is 5.86. The summed E-state index contributed by atoms with van der Waals surface area (Å²) >= 11 is 0. The van der Waals surface area contributed by atoms with Gasteiger partial charge in [-0.2, -0.15) is 5.26 Å². The molecule has 1 heterocycles. The van der Waals surface area contributed by atoms with Gasteiger partial charge in [0.2, 0.25) is 0 Å². The number of aromatic nitrogens is 1. The van der Waals surface area contributed by atoms with E-state index in [0.717, 1.165) is 10.9 Å². The molecule has 4 nitrogen and oxygen atoms in total. The Morgan fingerprint density at radius 3 is 2.65 bits per heavy atom. The Labute approximate surface area is 119 Å². The average Bonchev–Trinajstić information content (AvgIpc) is 2.51. The molecule has 0 aliphatic rings. The standard InChI is InChI=1S/C16H19N3O/c1-3-16(20,4-2)11-18-15-9-12(10-17)13-7-5-6-8-14(13)19-15/h5-9,20H,3-4,11H2,1-2H3,(H,18,19). The highest BCUT2D eigenvalue weighted by atomic mass is 16.3. The Balaban J connectivity index is 2.30. The molecule has 0 fully saturated rings. The first kappa shape index (κ1) is 14.3. The van der Waals surface area contributed by atoms with E-state index >= 15 is 0 Å². The lowest BCUT2D eigenvalue weighted by Crippen LogP contribution is -2.35. The van der Waals surface area contributed by atoms with Crippen LogP contribution >= 0.6 is 0 Å². The first-order chi connectivity index (χ1) is 9.61. The number of nitrogens with zero attached hydrogens (tertiary/aromatic N) is 2. The fraction of sp³-hybridized carbons (Fsp3) is 0.375. The van der Waals surface area contributed by atoms with E-state index in [9.17, 15) is 10.4 Å². The third-order valence-corrected chi connectivity index (χ3v) is 3.75. The summed E-state index contributed by atoms with van der Waals surface area (Å²) in [6.07, 6.45) is 1.35. The monoisotopic (exact) mass is 269 g/mol. The lowest BCUT2D eigenvalue weighted by atomic mass is 9.97. The molecule has 20 heavy (non-hydrogen) atoms. The van der Waals surface area contributed by atoms with Crippen molar-refractivity contribution in [3.8, 4) is 6.07 Å². The first-order valence-electron chi connectivity index (χ1n) is 6.88. The van der Waals surface area contributed by atoms with Crippen LogP contribution in [0.25, 0.3) is 10.9 Å². The summed E-state index contributed by atoms with van der Waals surface area (Å²) < 4.78 is 0. The molecule has 0 amide bonds. The smallest absolute Gasteiger partial charge is 0.128 e. The van der Waals surface area contributed by atoms with E-state index in [1.54, 1.807) is 6.07 Å². The fourth-order valence-electron chi connectivity index (χ4n) is 2.11. The van der Waals surface area contributed by atoms with Gasteiger partial charge in [0.15, 0.2) is 0 Å². The van der Waals surface area contributed by atoms with Crippen LogP contribution in [0.2, 0.25) is 0 Å². The van der Waals surface area contributed by atoms with Crippen LogP contribution < -0.4 is 5.32 Å². The van der Waals surface area contributed by atoms with Crippen LogP contribution in [0.15, 0.2) is 30.3 Å². The minimum atomic E-state index is -0.736. The molecule has 4 heteroatoms. The summed E-state index contributed by atoms with van der Waals surface area (Å²) in [7, 11) is 0. The molecule has 0 aliphatic carbocycles. The fourth-order valence-corrected chi connectivity index (χ4v) is 2.11. The third-order valence-electron chi connectivity index (χ3n) is 3.75. The first-order valence-corrected chi connectivity index (χ1v) is 6.88. The third kappa shape index (κ3) is 2.89. The Hall–Kier alpha value is -2.12. The second-order valence-corrected chi connectivity index (χ2v) is 4.97. The maximum absolute atomic E-state index is 10.3. The van der Waals surface area contributed by atoms with Crippen molar-refractivity contribution in [3.63, 3.8) is 0 Å². The molecule has 2 aromatic rings. The summed E-state index contributed by atoms with van der Waals surface area (Å²) in [5, 5.41) is 23.5. The summed E-state index contributed by atoms with van der Waals surface area (Å²) in [6, 6.07) is 11.5. The number of nitrogens with one attached hydrogen (secondary N) is 1. The number of fused-ring (bicyclic) bond motifs is 1. The highest BCUT2D eigenvalue weighted by Crippen LogP contribution is 2.21. The molecule has 2 N–H and O–H groups in total. The van der Waals surface area contributed by atoms with Crippen LogP contribution in [0.3, 0.4) is 0 Å². The minimum Gasteiger partial charge on any atom is -0.388 e. The van der Waals surface area contributed by atoms with Crippen molar-refractivity contribution in [2.24, 2.45) is 0 Å². The molecule has 0 bridgehead atoms. The van der Waals surface area contributed by atoms with Crippen LogP contribution in [0, 0.1) is 11.3 Å². The zero-order valence-corrected chi connectivity index (χ0v) is 11.8. The number of para-hydroxylation sites is 1. The Bertz CT molecular complexity index is 642. The largest absolute Gasteiger partial charge is 0.388 e. The van der Waals surface area contributed by atoms with Crippen molar-refractivity contribution in [2.45, 2.75) is 32.3 Å². The van der Waals surface area contributed by atoms with E-state index in [4.69, 9.17) is 0 Å².